The molecule has 23 heavy (non-hydrogen) atoms. The van der Waals surface area contributed by atoms with Crippen molar-refractivity contribution >= 4 is 26.3 Å². The van der Waals surface area contributed by atoms with E-state index in [1.807, 2.05) is 18.2 Å². The number of benzene rings is 1. The summed E-state index contributed by atoms with van der Waals surface area (Å²) in [6, 6.07) is 5.89. The number of fused-ring (bicyclic) bond motifs is 1. The van der Waals surface area contributed by atoms with Gasteiger partial charge in [-0.1, -0.05) is 12.1 Å². The zero-order chi connectivity index (χ0) is 16.4. The second-order valence-corrected chi connectivity index (χ2v) is 8.53. The van der Waals surface area contributed by atoms with E-state index in [0.29, 0.717) is 11.7 Å². The lowest BCUT2D eigenvalue weighted by Crippen LogP contribution is -2.35. The smallest absolute Gasteiger partial charge is 0.147 e. The molecule has 0 radical (unpaired) electrons. The van der Waals surface area contributed by atoms with Crippen molar-refractivity contribution in [2.24, 2.45) is 5.92 Å². The van der Waals surface area contributed by atoms with E-state index in [1.54, 1.807) is 13.3 Å². The number of aromatic nitrogens is 2. The van der Waals surface area contributed by atoms with E-state index >= 15 is 0 Å². The van der Waals surface area contributed by atoms with Gasteiger partial charge in [0.05, 0.1) is 19.0 Å². The summed E-state index contributed by atoms with van der Waals surface area (Å²) in [6.07, 6.45) is 5.25. The van der Waals surface area contributed by atoms with Gasteiger partial charge in [-0.15, -0.1) is 5.10 Å². The average molecular weight is 334 g/mol. The highest BCUT2D eigenvalue weighted by Gasteiger charge is 2.23. The molecule has 0 aliphatic carbocycles. The van der Waals surface area contributed by atoms with E-state index in [2.05, 4.69) is 15.1 Å². The van der Waals surface area contributed by atoms with Crippen LogP contribution in [0.2, 0.25) is 0 Å². The van der Waals surface area contributed by atoms with Crippen LogP contribution in [0.4, 0.5) is 5.69 Å². The molecule has 2 heterocycles. The minimum absolute atomic E-state index is 0.372. The predicted octanol–water partition coefficient (Wildman–Crippen LogP) is 2.53. The fourth-order valence-electron chi connectivity index (χ4n) is 3.25. The van der Waals surface area contributed by atoms with Crippen LogP contribution in [0.5, 0.6) is 5.75 Å². The second-order valence-electron chi connectivity index (χ2n) is 6.19. The van der Waals surface area contributed by atoms with Gasteiger partial charge < -0.3 is 9.64 Å². The number of methoxy groups -OCH3 is 1. The molecule has 1 N–H and O–H groups in total. The molecule has 1 aromatic carbocycles. The molecular weight excluding hydrogens is 312 g/mol. The number of hydrogen-bond donors (Lipinski definition) is 1. The Hall–Kier alpha value is -1.89. The SMILES string of the molecule is COc1cccc2c(N3CCC(CS(C)(=N)=O)CC3)cnnc12. The molecule has 0 amide bonds. The van der Waals surface area contributed by atoms with Gasteiger partial charge in [0.2, 0.25) is 0 Å². The van der Waals surface area contributed by atoms with Crippen molar-refractivity contribution in [2.75, 3.05) is 37.1 Å². The van der Waals surface area contributed by atoms with Crippen LogP contribution in [0.25, 0.3) is 10.9 Å². The third-order valence-electron chi connectivity index (χ3n) is 4.34. The van der Waals surface area contributed by atoms with Crippen LogP contribution in [0.3, 0.4) is 0 Å². The van der Waals surface area contributed by atoms with Crippen molar-refractivity contribution in [2.45, 2.75) is 12.8 Å². The van der Waals surface area contributed by atoms with Crippen LogP contribution in [-0.4, -0.2) is 46.6 Å². The van der Waals surface area contributed by atoms with E-state index in [9.17, 15) is 4.21 Å². The second kappa shape index (κ2) is 6.31. The van der Waals surface area contributed by atoms with Crippen molar-refractivity contribution in [3.8, 4) is 5.75 Å². The Bertz CT molecular complexity index is 799. The maximum atomic E-state index is 11.7. The summed E-state index contributed by atoms with van der Waals surface area (Å²) in [4.78, 5) is 2.30. The van der Waals surface area contributed by atoms with Crippen molar-refractivity contribution < 1.29 is 8.95 Å². The highest BCUT2D eigenvalue weighted by molar-refractivity contribution is 7.91. The molecule has 0 saturated carbocycles. The van der Waals surface area contributed by atoms with Gasteiger partial charge in [0.1, 0.15) is 11.3 Å². The number of hydrogen-bond acceptors (Lipinski definition) is 6. The number of nitrogens with one attached hydrogen (secondary N) is 1. The standard InChI is InChI=1S/C16H22N4O2S/c1-22-15-5-3-4-13-14(10-18-19-16(13)15)20-8-6-12(7-9-20)11-23(2,17)21/h3-5,10,12,17H,6-9,11H2,1-2H3. The summed E-state index contributed by atoms with van der Waals surface area (Å²) in [5.41, 5.74) is 1.84. The quantitative estimate of drug-likeness (QED) is 0.929. The van der Waals surface area contributed by atoms with E-state index < -0.39 is 9.73 Å². The van der Waals surface area contributed by atoms with Gasteiger partial charge in [-0.05, 0) is 24.8 Å². The van der Waals surface area contributed by atoms with Gasteiger partial charge in [0.15, 0.2) is 0 Å². The first-order valence-electron chi connectivity index (χ1n) is 7.73. The van der Waals surface area contributed by atoms with E-state index in [0.717, 1.165) is 48.3 Å². The van der Waals surface area contributed by atoms with Gasteiger partial charge in [-0.25, -0.2) is 0 Å². The fourth-order valence-corrected chi connectivity index (χ4v) is 4.48. The summed E-state index contributed by atoms with van der Waals surface area (Å²) in [6.45, 7) is 1.77. The van der Waals surface area contributed by atoms with Gasteiger partial charge in [0.25, 0.3) is 0 Å². The third-order valence-corrected chi connectivity index (χ3v) is 5.45. The minimum atomic E-state index is -2.41. The number of ether oxygens (including phenoxy) is 1. The number of rotatable bonds is 4. The summed E-state index contributed by atoms with van der Waals surface area (Å²) < 4.78 is 24.7. The molecule has 1 atom stereocenters. The maximum absolute atomic E-state index is 11.7. The largest absolute Gasteiger partial charge is 0.494 e. The van der Waals surface area contributed by atoms with Crippen LogP contribution in [0.15, 0.2) is 24.4 Å². The van der Waals surface area contributed by atoms with Gasteiger partial charge in [-0.3, -0.25) is 8.99 Å². The van der Waals surface area contributed by atoms with Crippen LogP contribution < -0.4 is 9.64 Å². The fraction of sp³-hybridized carbons (Fsp3) is 0.500. The molecule has 1 aromatic heterocycles. The van der Waals surface area contributed by atoms with Crippen LogP contribution in [0, 0.1) is 10.7 Å². The summed E-state index contributed by atoms with van der Waals surface area (Å²) >= 11 is 0. The zero-order valence-corrected chi connectivity index (χ0v) is 14.3. The summed E-state index contributed by atoms with van der Waals surface area (Å²) in [5.74, 6) is 1.60. The van der Waals surface area contributed by atoms with Gasteiger partial charge >= 0.3 is 0 Å². The van der Waals surface area contributed by atoms with Crippen molar-refractivity contribution in [3.05, 3.63) is 24.4 Å². The molecule has 1 aliphatic heterocycles. The van der Waals surface area contributed by atoms with Gasteiger partial charge in [0, 0.05) is 40.2 Å². The van der Waals surface area contributed by atoms with E-state index in [4.69, 9.17) is 9.52 Å². The Kier molecular flexibility index (Phi) is 4.39. The maximum Gasteiger partial charge on any atom is 0.147 e. The molecular formula is C16H22N4O2S. The Morgan fingerprint density at radius 2 is 2.13 bits per heavy atom. The van der Waals surface area contributed by atoms with Crippen molar-refractivity contribution in [1.29, 1.82) is 4.78 Å². The van der Waals surface area contributed by atoms with Crippen molar-refractivity contribution in [1.82, 2.24) is 10.2 Å². The van der Waals surface area contributed by atoms with Crippen LogP contribution in [0.1, 0.15) is 12.8 Å². The molecule has 1 saturated heterocycles. The first kappa shape index (κ1) is 16.0. The lowest BCUT2D eigenvalue weighted by atomic mass is 9.98. The van der Waals surface area contributed by atoms with Crippen LogP contribution in [-0.2, 0) is 9.73 Å². The topological polar surface area (TPSA) is 79.2 Å². The number of nitrogens with zero attached hydrogens (tertiary/aromatic N) is 3. The molecule has 7 heteroatoms. The number of anilines is 1. The van der Waals surface area contributed by atoms with E-state index in [-0.39, 0.29) is 0 Å². The highest BCUT2D eigenvalue weighted by atomic mass is 32.2. The Morgan fingerprint density at radius 1 is 1.39 bits per heavy atom. The lowest BCUT2D eigenvalue weighted by molar-refractivity contribution is 0.418. The Morgan fingerprint density at radius 3 is 2.78 bits per heavy atom. The molecule has 1 aliphatic rings. The first-order chi connectivity index (χ1) is 11.0. The third kappa shape index (κ3) is 3.55. The normalized spacial score (nSPS) is 18.8. The molecule has 1 unspecified atom stereocenters. The minimum Gasteiger partial charge on any atom is -0.494 e. The highest BCUT2D eigenvalue weighted by Crippen LogP contribution is 2.32. The van der Waals surface area contributed by atoms with Gasteiger partial charge in [-0.2, -0.15) is 5.10 Å². The lowest BCUT2D eigenvalue weighted by Gasteiger charge is -2.33. The molecule has 1 fully saturated rings. The van der Waals surface area contributed by atoms with E-state index in [1.165, 1.54) is 6.26 Å². The van der Waals surface area contributed by atoms with Crippen LogP contribution >= 0.6 is 0 Å². The monoisotopic (exact) mass is 334 g/mol. The number of piperidine rings is 1. The molecule has 0 bridgehead atoms. The van der Waals surface area contributed by atoms with Crippen molar-refractivity contribution in [3.63, 3.8) is 0 Å². The molecule has 0 spiro atoms. The molecule has 3 rings (SSSR count). The Labute approximate surface area is 136 Å². The molecule has 124 valence electrons. The predicted molar refractivity (Wildman–Crippen MR) is 92.7 cm³/mol. The average Bonchev–Trinajstić information content (AvgIpc) is 2.53. The summed E-state index contributed by atoms with van der Waals surface area (Å²) in [7, 11) is -0.770. The Balaban J connectivity index is 1.83. The zero-order valence-electron chi connectivity index (χ0n) is 13.5. The molecule has 6 nitrogen and oxygen atoms in total. The first-order valence-corrected chi connectivity index (χ1v) is 9.86. The molecule has 2 aromatic rings. The summed E-state index contributed by atoms with van der Waals surface area (Å²) in [5, 5.41) is 9.37.